The van der Waals surface area contributed by atoms with Crippen LogP contribution in [0.3, 0.4) is 0 Å². The Balaban J connectivity index is 0.929. The van der Waals surface area contributed by atoms with Crippen LogP contribution in [0.25, 0.3) is 0 Å². The second-order valence-electron chi connectivity index (χ2n) is 16.5. The summed E-state index contributed by atoms with van der Waals surface area (Å²) in [6, 6.07) is 0.138. The molecule has 0 spiro atoms. The van der Waals surface area contributed by atoms with Gasteiger partial charge in [-0.25, -0.2) is 10.9 Å². The van der Waals surface area contributed by atoms with Crippen molar-refractivity contribution in [1.29, 1.82) is 0 Å². The van der Waals surface area contributed by atoms with Gasteiger partial charge in [-0.3, -0.25) is 19.5 Å². The maximum Gasteiger partial charge on any atom is 0.457 e. The summed E-state index contributed by atoms with van der Waals surface area (Å²) in [4.78, 5) is 34.8. The smallest absolute Gasteiger partial charge is 0.427 e. The number of carbonyl (C=O) groups excluding carboxylic acids is 2. The van der Waals surface area contributed by atoms with E-state index in [9.17, 15) is 14.6 Å². The Morgan fingerprint density at radius 2 is 1.78 bits per heavy atom. The first-order valence-corrected chi connectivity index (χ1v) is 20.1. The molecule has 5 N–H and O–H groups in total. The topological polar surface area (TPSA) is 137 Å². The molecule has 0 aromatic carbocycles. The Hall–Kier alpha value is -1.28. The van der Waals surface area contributed by atoms with Crippen molar-refractivity contribution in [1.82, 2.24) is 26.4 Å². The van der Waals surface area contributed by atoms with Gasteiger partial charge in [0.05, 0.1) is 30.9 Å². The van der Waals surface area contributed by atoms with Crippen LogP contribution in [0.1, 0.15) is 103 Å². The molecule has 49 heavy (non-hydrogen) atoms. The summed E-state index contributed by atoms with van der Waals surface area (Å²) in [6.45, 7) is 3.72. The van der Waals surface area contributed by atoms with Crippen molar-refractivity contribution in [3.05, 3.63) is 0 Å². The predicted molar refractivity (Wildman–Crippen MR) is 191 cm³/mol. The first kappa shape index (κ1) is 36.1. The number of nitrogens with one attached hydrogen (secondary N) is 4. The summed E-state index contributed by atoms with van der Waals surface area (Å²) in [5, 5.41) is 16.6. The number of aliphatic imine (C=N–C) groups is 1. The summed E-state index contributed by atoms with van der Waals surface area (Å²) >= 11 is 6.54. The van der Waals surface area contributed by atoms with Gasteiger partial charge >= 0.3 is 7.12 Å². The molecule has 4 aliphatic carbocycles. The predicted octanol–water partition coefficient (Wildman–Crippen LogP) is 3.60. The van der Waals surface area contributed by atoms with Crippen molar-refractivity contribution in [2.24, 2.45) is 40.5 Å². The van der Waals surface area contributed by atoms with Gasteiger partial charge in [-0.1, -0.05) is 25.7 Å². The number of hydrogen-bond donors (Lipinski definition) is 5. The van der Waals surface area contributed by atoms with E-state index >= 15 is 0 Å². The summed E-state index contributed by atoms with van der Waals surface area (Å²) in [7, 11) is 1.24. The summed E-state index contributed by atoms with van der Waals surface area (Å²) in [6.07, 6.45) is 15.3. The molecular weight excluding hydrogens is 643 g/mol. The largest absolute Gasteiger partial charge is 0.457 e. The molecule has 11 nitrogen and oxygen atoms in total. The van der Waals surface area contributed by atoms with Crippen molar-refractivity contribution >= 4 is 36.2 Å². The Morgan fingerprint density at radius 1 is 0.980 bits per heavy atom. The third kappa shape index (κ3) is 8.05. The third-order valence-electron chi connectivity index (χ3n) is 13.6. The van der Waals surface area contributed by atoms with Crippen LogP contribution in [0.2, 0.25) is 5.82 Å². The highest BCUT2D eigenvalue weighted by Gasteiger charge is 2.50. The van der Waals surface area contributed by atoms with Crippen LogP contribution in [0.5, 0.6) is 0 Å². The van der Waals surface area contributed by atoms with Crippen LogP contribution >= 0.6 is 11.6 Å². The lowest BCUT2D eigenvalue weighted by molar-refractivity contribution is -0.127. The van der Waals surface area contributed by atoms with E-state index < -0.39 is 7.12 Å². The van der Waals surface area contributed by atoms with Crippen molar-refractivity contribution in [2.75, 3.05) is 26.8 Å². The van der Waals surface area contributed by atoms with Gasteiger partial charge < -0.3 is 25.0 Å². The summed E-state index contributed by atoms with van der Waals surface area (Å²) in [5.74, 6) is 2.81. The molecule has 11 atom stereocenters. The maximum absolute atomic E-state index is 13.5. The van der Waals surface area contributed by atoms with E-state index in [4.69, 9.17) is 26.0 Å². The van der Waals surface area contributed by atoms with Crippen molar-refractivity contribution < 1.29 is 24.0 Å². The molecule has 7 rings (SSSR count). The SMILES string of the molecule is COC1CCC2C(C1)C(C1CCC(Cl)CC1)=N[C@@H](CC(=O)NCCNC(=O)C1CCCC(C3CCC4B(O)OCC4C3)C1)C1NNC(C)N21. The van der Waals surface area contributed by atoms with Crippen LogP contribution in [0.15, 0.2) is 4.99 Å². The fourth-order valence-corrected chi connectivity index (χ4v) is 11.3. The highest BCUT2D eigenvalue weighted by atomic mass is 35.5. The number of carbonyl (C=O) groups is 2. The van der Waals surface area contributed by atoms with E-state index in [2.05, 4.69) is 33.3 Å². The molecule has 2 saturated heterocycles. The van der Waals surface area contributed by atoms with Gasteiger partial charge in [0.25, 0.3) is 0 Å². The first-order chi connectivity index (χ1) is 23.8. The minimum absolute atomic E-state index is 0.0258. The van der Waals surface area contributed by atoms with Gasteiger partial charge in [0.15, 0.2) is 0 Å². The van der Waals surface area contributed by atoms with E-state index in [0.717, 1.165) is 83.5 Å². The molecule has 0 radical (unpaired) electrons. The molecule has 7 aliphatic rings. The monoisotopic (exact) mass is 702 g/mol. The number of amides is 2. The Kier molecular flexibility index (Phi) is 11.9. The highest BCUT2D eigenvalue weighted by Crippen LogP contribution is 2.49. The van der Waals surface area contributed by atoms with Crippen LogP contribution in [0, 0.1) is 35.5 Å². The molecule has 0 bridgehead atoms. The van der Waals surface area contributed by atoms with Crippen LogP contribution in [-0.4, -0.2) is 97.3 Å². The van der Waals surface area contributed by atoms with Crippen LogP contribution < -0.4 is 21.5 Å². The van der Waals surface area contributed by atoms with Crippen molar-refractivity contribution in [2.45, 2.75) is 145 Å². The summed E-state index contributed by atoms with van der Waals surface area (Å²) < 4.78 is 11.4. The number of alkyl halides is 1. The maximum atomic E-state index is 13.5. The number of hydrogen-bond acceptors (Lipinski definition) is 9. The van der Waals surface area contributed by atoms with Gasteiger partial charge in [0, 0.05) is 55.8 Å². The molecule has 4 saturated carbocycles. The first-order valence-electron chi connectivity index (χ1n) is 19.7. The Bertz CT molecular complexity index is 1190. The van der Waals surface area contributed by atoms with E-state index in [1.54, 1.807) is 0 Å². The number of hydrazine groups is 1. The molecule has 2 amide bonds. The molecular formula is C36H60BClN6O5. The molecule has 6 fully saturated rings. The van der Waals surface area contributed by atoms with E-state index in [0.29, 0.717) is 67.6 Å². The zero-order valence-electron chi connectivity index (χ0n) is 29.7. The highest BCUT2D eigenvalue weighted by molar-refractivity contribution is 6.45. The second kappa shape index (κ2) is 16.2. The number of halogens is 1. The number of nitrogens with zero attached hydrogens (tertiary/aromatic N) is 2. The van der Waals surface area contributed by atoms with Gasteiger partial charge in [-0.15, -0.1) is 11.6 Å². The molecule has 0 aromatic heterocycles. The van der Waals surface area contributed by atoms with Crippen molar-refractivity contribution in [3.8, 4) is 0 Å². The zero-order chi connectivity index (χ0) is 34.1. The lowest BCUT2D eigenvalue weighted by Gasteiger charge is -2.44. The van der Waals surface area contributed by atoms with Gasteiger partial charge in [-0.05, 0) is 101 Å². The molecule has 10 unspecified atom stereocenters. The molecule has 274 valence electrons. The number of ether oxygens (including phenoxy) is 1. The normalized spacial score (nSPS) is 42.7. The van der Waals surface area contributed by atoms with E-state index in [1.807, 2.05) is 7.11 Å². The average molecular weight is 703 g/mol. The molecule has 3 heterocycles. The minimum Gasteiger partial charge on any atom is -0.427 e. The second-order valence-corrected chi connectivity index (χ2v) is 17.1. The lowest BCUT2D eigenvalue weighted by atomic mass is 9.58. The van der Waals surface area contributed by atoms with E-state index in [-0.39, 0.29) is 47.6 Å². The standard InChI is InChI=1S/C36H60BClN6O5/c1-21-42-43-35-31(41-34(22-6-9-27(38)10-7-22)29-18-28(48-2)11-13-32(29)44(21)35)19-33(45)39-14-15-40-36(46)25-5-3-4-23(16-25)24-8-12-30-26(17-24)20-49-37(30)47/h21-32,35,42-43,47H,3-20H2,1-2H3,(H,39,45)(H,40,46)/t21?,22?,23?,24?,25?,26?,27?,28?,29?,30?,31-,32?,35?/m0/s1. The fourth-order valence-electron chi connectivity index (χ4n) is 11.0. The number of fused-ring (bicyclic) bond motifs is 4. The molecule has 13 heteroatoms. The van der Waals surface area contributed by atoms with Gasteiger partial charge in [-0.2, -0.15) is 0 Å². The van der Waals surface area contributed by atoms with Gasteiger partial charge in [0.2, 0.25) is 11.8 Å². The number of rotatable bonds is 9. The average Bonchev–Trinajstić information content (AvgIpc) is 3.66. The van der Waals surface area contributed by atoms with E-state index in [1.165, 1.54) is 12.1 Å². The van der Waals surface area contributed by atoms with Crippen LogP contribution in [0.4, 0.5) is 0 Å². The Labute approximate surface area is 298 Å². The third-order valence-corrected chi connectivity index (χ3v) is 14.1. The molecule has 3 aliphatic heterocycles. The zero-order valence-corrected chi connectivity index (χ0v) is 30.4. The van der Waals surface area contributed by atoms with Crippen molar-refractivity contribution in [3.63, 3.8) is 0 Å². The number of methoxy groups -OCH3 is 1. The fraction of sp³-hybridized carbons (Fsp3) is 0.917. The Morgan fingerprint density at radius 3 is 2.59 bits per heavy atom. The van der Waals surface area contributed by atoms with Gasteiger partial charge in [0.1, 0.15) is 0 Å². The summed E-state index contributed by atoms with van der Waals surface area (Å²) in [5.41, 5.74) is 8.25. The lowest BCUT2D eigenvalue weighted by Crippen LogP contribution is -2.55. The van der Waals surface area contributed by atoms with Crippen LogP contribution in [-0.2, 0) is 19.0 Å². The quantitative estimate of drug-likeness (QED) is 0.140. The molecule has 0 aromatic rings. The minimum atomic E-state index is -0.585.